The van der Waals surface area contributed by atoms with Crippen LogP contribution in [0, 0.1) is 6.92 Å². The highest BCUT2D eigenvalue weighted by Gasteiger charge is 2.16. The third kappa shape index (κ3) is 3.39. The van der Waals surface area contributed by atoms with Crippen molar-refractivity contribution < 1.29 is 4.79 Å². The van der Waals surface area contributed by atoms with E-state index in [9.17, 15) is 4.79 Å². The van der Waals surface area contributed by atoms with Crippen molar-refractivity contribution in [2.45, 2.75) is 26.7 Å². The van der Waals surface area contributed by atoms with Crippen LogP contribution in [-0.2, 0) is 0 Å². The van der Waals surface area contributed by atoms with Gasteiger partial charge in [-0.2, -0.15) is 0 Å². The molecule has 1 N–H and O–H groups in total. The largest absolute Gasteiger partial charge is 0.320 e. The second-order valence-corrected chi connectivity index (χ2v) is 6.91. The minimum Gasteiger partial charge on any atom is -0.320 e. The lowest BCUT2D eigenvalue weighted by Gasteiger charge is -2.15. The maximum Gasteiger partial charge on any atom is 0.275 e. The smallest absolute Gasteiger partial charge is 0.275 e. The highest BCUT2D eigenvalue weighted by Crippen LogP contribution is 2.29. The Labute approximate surface area is 146 Å². The van der Waals surface area contributed by atoms with Crippen LogP contribution in [-0.4, -0.2) is 10.9 Å². The number of anilines is 1. The van der Waals surface area contributed by atoms with Crippen molar-refractivity contribution in [3.63, 3.8) is 0 Å². The van der Waals surface area contributed by atoms with Crippen LogP contribution in [0.5, 0.6) is 0 Å². The Balaban J connectivity index is 1.86. The highest BCUT2D eigenvalue weighted by atomic mass is 32.1. The summed E-state index contributed by atoms with van der Waals surface area (Å²) in [5.74, 6) is 0.181. The molecule has 0 radical (unpaired) electrons. The number of aromatic nitrogens is 1. The summed E-state index contributed by atoms with van der Waals surface area (Å²) in [6, 6.07) is 16.0. The van der Waals surface area contributed by atoms with Crippen LogP contribution in [0.15, 0.2) is 53.9 Å². The number of aryl methyl sites for hydroxylation is 1. The molecule has 0 aliphatic rings. The first-order valence-corrected chi connectivity index (χ1v) is 8.86. The van der Waals surface area contributed by atoms with E-state index < -0.39 is 0 Å². The van der Waals surface area contributed by atoms with E-state index in [-0.39, 0.29) is 5.91 Å². The Morgan fingerprint density at radius 3 is 2.54 bits per heavy atom. The van der Waals surface area contributed by atoms with Gasteiger partial charge >= 0.3 is 0 Å². The molecular formula is C20H20N2OS. The number of hydrogen-bond donors (Lipinski definition) is 1. The maximum absolute atomic E-state index is 12.6. The predicted octanol–water partition coefficient (Wildman–Crippen LogP) is 5.49. The number of amides is 1. The topological polar surface area (TPSA) is 42.0 Å². The van der Waals surface area contributed by atoms with Gasteiger partial charge in [-0.1, -0.05) is 62.4 Å². The van der Waals surface area contributed by atoms with Gasteiger partial charge in [-0.3, -0.25) is 4.79 Å². The van der Waals surface area contributed by atoms with E-state index in [1.807, 2.05) is 54.8 Å². The van der Waals surface area contributed by atoms with Crippen molar-refractivity contribution in [2.75, 3.05) is 5.32 Å². The SMILES string of the molecule is Cc1cccc(C(C)C)c1NC(=O)c1csc(-c2ccccc2)n1. The van der Waals surface area contributed by atoms with Crippen LogP contribution < -0.4 is 5.32 Å². The van der Waals surface area contributed by atoms with E-state index >= 15 is 0 Å². The lowest BCUT2D eigenvalue weighted by Crippen LogP contribution is -2.15. The summed E-state index contributed by atoms with van der Waals surface area (Å²) in [5.41, 5.74) is 4.58. The summed E-state index contributed by atoms with van der Waals surface area (Å²) in [6.45, 7) is 6.26. The van der Waals surface area contributed by atoms with E-state index in [1.165, 1.54) is 11.3 Å². The van der Waals surface area contributed by atoms with Gasteiger partial charge < -0.3 is 5.32 Å². The van der Waals surface area contributed by atoms with Gasteiger partial charge in [-0.25, -0.2) is 4.98 Å². The lowest BCUT2D eigenvalue weighted by atomic mass is 9.98. The zero-order chi connectivity index (χ0) is 17.1. The summed E-state index contributed by atoms with van der Waals surface area (Å²) in [4.78, 5) is 17.1. The standard InChI is InChI=1S/C20H20N2OS/c1-13(2)16-11-7-8-14(3)18(16)22-19(23)17-12-24-20(21-17)15-9-5-4-6-10-15/h4-13H,1-3H3,(H,22,23). The van der Waals surface area contributed by atoms with Gasteiger partial charge in [0.1, 0.15) is 10.7 Å². The molecule has 24 heavy (non-hydrogen) atoms. The summed E-state index contributed by atoms with van der Waals surface area (Å²) in [5, 5.41) is 5.71. The van der Waals surface area contributed by atoms with Crippen LogP contribution in [0.3, 0.4) is 0 Å². The third-order valence-electron chi connectivity index (χ3n) is 3.92. The fraction of sp³-hybridized carbons (Fsp3) is 0.200. The minimum atomic E-state index is -0.162. The van der Waals surface area contributed by atoms with Crippen molar-refractivity contribution in [3.05, 3.63) is 70.7 Å². The number of hydrogen-bond acceptors (Lipinski definition) is 3. The van der Waals surface area contributed by atoms with Crippen LogP contribution >= 0.6 is 11.3 Å². The summed E-state index contributed by atoms with van der Waals surface area (Å²) < 4.78 is 0. The molecule has 4 heteroatoms. The number of benzene rings is 2. The quantitative estimate of drug-likeness (QED) is 0.684. The molecule has 122 valence electrons. The molecule has 1 amide bonds. The molecule has 0 spiro atoms. The van der Waals surface area contributed by atoms with Crippen molar-refractivity contribution >= 4 is 22.9 Å². The molecule has 0 aliphatic carbocycles. The predicted molar refractivity (Wildman–Crippen MR) is 101 cm³/mol. The lowest BCUT2D eigenvalue weighted by molar-refractivity contribution is 0.102. The highest BCUT2D eigenvalue weighted by molar-refractivity contribution is 7.13. The number of rotatable bonds is 4. The van der Waals surface area contributed by atoms with Gasteiger partial charge in [0.05, 0.1) is 0 Å². The minimum absolute atomic E-state index is 0.162. The molecule has 0 unspecified atom stereocenters. The molecule has 0 saturated carbocycles. The molecule has 0 saturated heterocycles. The first-order valence-electron chi connectivity index (χ1n) is 7.98. The van der Waals surface area contributed by atoms with Crippen LogP contribution in [0.1, 0.15) is 41.4 Å². The summed E-state index contributed by atoms with van der Waals surface area (Å²) in [6.07, 6.45) is 0. The van der Waals surface area contributed by atoms with Gasteiger partial charge in [0.25, 0.3) is 5.91 Å². The second kappa shape index (κ2) is 6.97. The Hall–Kier alpha value is -2.46. The zero-order valence-electron chi connectivity index (χ0n) is 14.0. The van der Waals surface area contributed by atoms with Gasteiger partial charge in [0, 0.05) is 16.6 Å². The van der Waals surface area contributed by atoms with Crippen molar-refractivity contribution in [1.29, 1.82) is 0 Å². The van der Waals surface area contributed by atoms with Crippen LogP contribution in [0.2, 0.25) is 0 Å². The Kier molecular flexibility index (Phi) is 4.76. The molecule has 3 nitrogen and oxygen atoms in total. The number of carbonyl (C=O) groups is 1. The van der Waals surface area contributed by atoms with E-state index in [2.05, 4.69) is 30.2 Å². The molecule has 0 atom stereocenters. The third-order valence-corrected chi connectivity index (χ3v) is 4.81. The molecule has 3 aromatic rings. The average Bonchev–Trinajstić information content (AvgIpc) is 3.07. The Bertz CT molecular complexity index is 853. The Morgan fingerprint density at radius 1 is 1.08 bits per heavy atom. The molecule has 3 rings (SSSR count). The molecule has 0 fully saturated rings. The number of nitrogens with one attached hydrogen (secondary N) is 1. The van der Waals surface area contributed by atoms with E-state index in [4.69, 9.17) is 0 Å². The zero-order valence-corrected chi connectivity index (χ0v) is 14.9. The number of thiazole rings is 1. The summed E-state index contributed by atoms with van der Waals surface area (Å²) in [7, 11) is 0. The monoisotopic (exact) mass is 336 g/mol. The number of para-hydroxylation sites is 1. The molecule has 0 bridgehead atoms. The first-order chi connectivity index (χ1) is 11.6. The maximum atomic E-state index is 12.6. The average molecular weight is 336 g/mol. The normalized spacial score (nSPS) is 10.8. The van der Waals surface area contributed by atoms with Crippen molar-refractivity contribution in [1.82, 2.24) is 4.98 Å². The van der Waals surface area contributed by atoms with Gasteiger partial charge in [0.15, 0.2) is 0 Å². The summed E-state index contributed by atoms with van der Waals surface area (Å²) >= 11 is 1.48. The van der Waals surface area contributed by atoms with Gasteiger partial charge in [0.2, 0.25) is 0 Å². The Morgan fingerprint density at radius 2 is 1.83 bits per heavy atom. The number of nitrogens with zero attached hydrogens (tertiary/aromatic N) is 1. The van der Waals surface area contributed by atoms with Crippen LogP contribution in [0.25, 0.3) is 10.6 Å². The molecule has 1 heterocycles. The first kappa shape index (κ1) is 16.4. The van der Waals surface area contributed by atoms with Crippen molar-refractivity contribution in [2.24, 2.45) is 0 Å². The van der Waals surface area contributed by atoms with Crippen molar-refractivity contribution in [3.8, 4) is 10.6 Å². The molecular weight excluding hydrogens is 316 g/mol. The van der Waals surface area contributed by atoms with Crippen LogP contribution in [0.4, 0.5) is 5.69 Å². The van der Waals surface area contributed by atoms with Gasteiger partial charge in [-0.05, 0) is 24.0 Å². The second-order valence-electron chi connectivity index (χ2n) is 6.05. The van der Waals surface area contributed by atoms with E-state index in [1.54, 1.807) is 0 Å². The fourth-order valence-electron chi connectivity index (χ4n) is 2.61. The van der Waals surface area contributed by atoms with E-state index in [0.29, 0.717) is 11.6 Å². The molecule has 1 aromatic heterocycles. The fourth-order valence-corrected chi connectivity index (χ4v) is 3.42. The number of carbonyl (C=O) groups excluding carboxylic acids is 1. The molecule has 2 aromatic carbocycles. The van der Waals surface area contributed by atoms with E-state index in [0.717, 1.165) is 27.4 Å². The van der Waals surface area contributed by atoms with Gasteiger partial charge in [-0.15, -0.1) is 11.3 Å². The molecule has 0 aliphatic heterocycles.